The van der Waals surface area contributed by atoms with Crippen molar-refractivity contribution in [2.75, 3.05) is 25.4 Å². The summed E-state index contributed by atoms with van der Waals surface area (Å²) in [7, 11) is 0. The van der Waals surface area contributed by atoms with Gasteiger partial charge in [0.15, 0.2) is 0 Å². The lowest BCUT2D eigenvalue weighted by Gasteiger charge is -2.28. The van der Waals surface area contributed by atoms with Crippen molar-refractivity contribution in [2.24, 2.45) is 0 Å². The van der Waals surface area contributed by atoms with Crippen LogP contribution in [0.3, 0.4) is 0 Å². The van der Waals surface area contributed by atoms with E-state index in [1.165, 1.54) is 6.07 Å². The summed E-state index contributed by atoms with van der Waals surface area (Å²) < 4.78 is 37.7. The molecule has 2 aromatic rings. The topological polar surface area (TPSA) is 45.2 Å². The maximum Gasteiger partial charge on any atom is 0.417 e. The quantitative estimate of drug-likeness (QED) is 0.624. The van der Waals surface area contributed by atoms with E-state index >= 15 is 0 Å². The second kappa shape index (κ2) is 9.82. The third-order valence-electron chi connectivity index (χ3n) is 4.72. The van der Waals surface area contributed by atoms with Crippen LogP contribution in [0.25, 0.3) is 0 Å². The van der Waals surface area contributed by atoms with Gasteiger partial charge in [0, 0.05) is 17.8 Å². The molecular weight excluding hydrogens is 423 g/mol. The van der Waals surface area contributed by atoms with Gasteiger partial charge in [0.05, 0.1) is 22.4 Å². The Morgan fingerprint density at radius 1 is 1.24 bits per heavy atom. The number of hydrogen-bond donors (Lipinski definition) is 1. The Morgan fingerprint density at radius 2 is 2.00 bits per heavy atom. The summed E-state index contributed by atoms with van der Waals surface area (Å²) in [6, 6.07) is 9.91. The molecule has 1 N–H and O–H groups in total. The molecule has 0 bridgehead atoms. The van der Waals surface area contributed by atoms with Gasteiger partial charge < -0.3 is 5.32 Å². The van der Waals surface area contributed by atoms with E-state index in [0.29, 0.717) is 16.6 Å². The average molecular weight is 444 g/mol. The third kappa shape index (κ3) is 6.35. The lowest BCUT2D eigenvalue weighted by molar-refractivity contribution is -0.137. The van der Waals surface area contributed by atoms with Gasteiger partial charge in [-0.2, -0.15) is 13.2 Å². The van der Waals surface area contributed by atoms with Crippen molar-refractivity contribution >= 4 is 29.3 Å². The molecule has 9 heteroatoms. The zero-order chi connectivity index (χ0) is 20.9. The number of rotatable bonds is 7. The van der Waals surface area contributed by atoms with Gasteiger partial charge in [-0.05, 0) is 55.8 Å². The minimum atomic E-state index is -4.42. The van der Waals surface area contributed by atoms with Gasteiger partial charge in [0.25, 0.3) is 0 Å². The van der Waals surface area contributed by atoms with Gasteiger partial charge in [-0.25, -0.2) is 4.98 Å². The number of alkyl halides is 3. The van der Waals surface area contributed by atoms with Gasteiger partial charge in [-0.15, -0.1) is 0 Å². The summed E-state index contributed by atoms with van der Waals surface area (Å²) in [5.41, 5.74) is 0.248. The number of hydrogen-bond acceptors (Lipinski definition) is 4. The number of nitrogens with zero attached hydrogens (tertiary/aromatic N) is 2. The molecule has 1 fully saturated rings. The first-order valence-electron chi connectivity index (χ1n) is 9.25. The van der Waals surface area contributed by atoms with Crippen LogP contribution in [-0.2, 0) is 11.0 Å². The number of thioether (sulfide) groups is 1. The SMILES string of the molecule is O=C(CSc1ccc(C(F)(F)F)cn1)NCC(c1cccc(Cl)c1)N1CCCC1. The maximum atomic E-state index is 12.6. The molecule has 0 aliphatic carbocycles. The minimum absolute atomic E-state index is 0.0364. The van der Waals surface area contributed by atoms with Crippen LogP contribution in [0, 0.1) is 0 Å². The van der Waals surface area contributed by atoms with Crippen molar-refractivity contribution in [2.45, 2.75) is 30.1 Å². The fourth-order valence-electron chi connectivity index (χ4n) is 3.26. The third-order valence-corrected chi connectivity index (χ3v) is 5.90. The number of benzene rings is 1. The molecule has 1 aliphatic heterocycles. The first-order valence-corrected chi connectivity index (χ1v) is 10.6. The second-order valence-corrected chi connectivity index (χ2v) is 8.22. The molecule has 1 unspecified atom stereocenters. The largest absolute Gasteiger partial charge is 0.417 e. The smallest absolute Gasteiger partial charge is 0.353 e. The van der Waals surface area contributed by atoms with E-state index < -0.39 is 11.7 Å². The van der Waals surface area contributed by atoms with E-state index in [2.05, 4.69) is 15.2 Å². The Labute approximate surface area is 176 Å². The lowest BCUT2D eigenvalue weighted by Crippen LogP contribution is -2.37. The molecule has 1 aromatic heterocycles. The van der Waals surface area contributed by atoms with Crippen LogP contribution in [0.15, 0.2) is 47.6 Å². The molecule has 1 saturated heterocycles. The Morgan fingerprint density at radius 3 is 2.62 bits per heavy atom. The molecule has 0 saturated carbocycles. The number of likely N-dealkylation sites (tertiary alicyclic amines) is 1. The predicted molar refractivity (Wildman–Crippen MR) is 108 cm³/mol. The molecule has 3 rings (SSSR count). The highest BCUT2D eigenvalue weighted by atomic mass is 35.5. The first kappa shape index (κ1) is 21.9. The zero-order valence-corrected chi connectivity index (χ0v) is 17.2. The van der Waals surface area contributed by atoms with E-state index in [0.717, 1.165) is 55.5 Å². The van der Waals surface area contributed by atoms with Crippen LogP contribution >= 0.6 is 23.4 Å². The molecule has 29 heavy (non-hydrogen) atoms. The van der Waals surface area contributed by atoms with E-state index in [-0.39, 0.29) is 17.7 Å². The highest BCUT2D eigenvalue weighted by Gasteiger charge is 2.30. The summed E-state index contributed by atoms with van der Waals surface area (Å²) in [5.74, 6) is -0.108. The molecule has 0 spiro atoms. The van der Waals surface area contributed by atoms with E-state index in [4.69, 9.17) is 11.6 Å². The summed E-state index contributed by atoms with van der Waals surface area (Å²) >= 11 is 7.23. The van der Waals surface area contributed by atoms with Crippen LogP contribution < -0.4 is 5.32 Å². The van der Waals surface area contributed by atoms with Gasteiger partial charge >= 0.3 is 6.18 Å². The molecule has 2 heterocycles. The zero-order valence-electron chi connectivity index (χ0n) is 15.6. The van der Waals surface area contributed by atoms with Crippen molar-refractivity contribution in [3.05, 3.63) is 58.7 Å². The summed E-state index contributed by atoms with van der Waals surface area (Å²) in [6.45, 7) is 2.38. The molecular formula is C20H21ClF3N3OS. The summed E-state index contributed by atoms with van der Waals surface area (Å²) in [4.78, 5) is 18.4. The Bertz CT molecular complexity index is 826. The molecule has 0 radical (unpaired) electrons. The van der Waals surface area contributed by atoms with E-state index in [1.54, 1.807) is 0 Å². The minimum Gasteiger partial charge on any atom is -0.353 e. The highest BCUT2D eigenvalue weighted by Crippen LogP contribution is 2.30. The van der Waals surface area contributed by atoms with Gasteiger partial charge in [-0.1, -0.05) is 35.5 Å². The number of aromatic nitrogens is 1. The van der Waals surface area contributed by atoms with Gasteiger partial charge in [0.1, 0.15) is 0 Å². The fraction of sp³-hybridized carbons (Fsp3) is 0.400. The number of nitrogens with one attached hydrogen (secondary N) is 1. The van der Waals surface area contributed by atoms with E-state index in [9.17, 15) is 18.0 Å². The standard InChI is InChI=1S/C20H21ClF3N3OS/c21-16-5-3-4-14(10-16)17(27-8-1-2-9-27)12-25-18(28)13-29-19-7-6-15(11-26-19)20(22,23)24/h3-7,10-11,17H,1-2,8-9,12-13H2,(H,25,28). The molecule has 1 aromatic carbocycles. The molecule has 1 aliphatic rings. The number of carbonyl (C=O) groups excluding carboxylic acids is 1. The van der Waals surface area contributed by atoms with E-state index in [1.807, 2.05) is 24.3 Å². The monoisotopic (exact) mass is 443 g/mol. The number of amides is 1. The highest BCUT2D eigenvalue weighted by molar-refractivity contribution is 7.99. The van der Waals surface area contributed by atoms with Crippen LogP contribution in [-0.4, -0.2) is 41.2 Å². The van der Waals surface area contributed by atoms with Gasteiger partial charge in [0.2, 0.25) is 5.91 Å². The van der Waals surface area contributed by atoms with Crippen LogP contribution in [0.2, 0.25) is 5.02 Å². The van der Waals surface area contributed by atoms with Crippen molar-refractivity contribution in [1.82, 2.24) is 15.2 Å². The van der Waals surface area contributed by atoms with Crippen LogP contribution in [0.5, 0.6) is 0 Å². The predicted octanol–water partition coefficient (Wildman–Crippen LogP) is 4.80. The number of halogens is 4. The fourth-order valence-corrected chi connectivity index (χ4v) is 4.13. The molecule has 1 amide bonds. The molecule has 156 valence electrons. The van der Waals surface area contributed by atoms with Crippen molar-refractivity contribution in [1.29, 1.82) is 0 Å². The Hall–Kier alpha value is -1.77. The summed E-state index contributed by atoms with van der Waals surface area (Å²) in [6.07, 6.45) is -1.39. The Balaban J connectivity index is 1.54. The lowest BCUT2D eigenvalue weighted by atomic mass is 10.1. The number of carbonyl (C=O) groups is 1. The van der Waals surface area contributed by atoms with Crippen LogP contribution in [0.4, 0.5) is 13.2 Å². The second-order valence-electron chi connectivity index (χ2n) is 6.79. The Kier molecular flexibility index (Phi) is 7.43. The van der Waals surface area contributed by atoms with Crippen LogP contribution in [0.1, 0.15) is 30.0 Å². The first-order chi connectivity index (χ1) is 13.8. The number of pyridine rings is 1. The van der Waals surface area contributed by atoms with Gasteiger partial charge in [-0.3, -0.25) is 9.69 Å². The molecule has 4 nitrogen and oxygen atoms in total. The van der Waals surface area contributed by atoms with Crippen molar-refractivity contribution in [3.8, 4) is 0 Å². The van der Waals surface area contributed by atoms with Crippen molar-refractivity contribution < 1.29 is 18.0 Å². The maximum absolute atomic E-state index is 12.6. The normalized spacial score (nSPS) is 16.0. The molecule has 1 atom stereocenters. The van der Waals surface area contributed by atoms with Crippen molar-refractivity contribution in [3.63, 3.8) is 0 Å². The average Bonchev–Trinajstić information content (AvgIpc) is 3.21. The summed E-state index contributed by atoms with van der Waals surface area (Å²) in [5, 5.41) is 3.96.